The molecule has 2 aliphatic carbocycles. The number of carbonyl (C=O) groups is 2. The Hall–Kier alpha value is -4.52. The molecule has 13 nitrogen and oxygen atoms in total. The Labute approximate surface area is 311 Å². The van der Waals surface area contributed by atoms with Crippen molar-refractivity contribution in [2.75, 3.05) is 0 Å². The number of aromatic nitrogens is 6. The van der Waals surface area contributed by atoms with E-state index in [-0.39, 0.29) is 24.7 Å². The standard InChI is InChI=1S/C20H28N4O3.C20H27N3O3/c25-19(23-26)13-16(10-6-9-15-7-2-1-3-8-15)20-22-18(24-27-20)14-17-11-4-5-12-21-17;24-19(25)13-16(10-6-9-15-7-2-1-3-8-15)20-22-18(23-26-20)14-17-11-4-5-12-21-17/h4-5,11-12,15-16,26H,1-3,6-10,13-14H2,(H,23,25);4-5,11-12,15-16H,1-3,6-10,13-14H2,(H,24,25)/t2*16-/m11/s1. The molecule has 2 saturated carbocycles. The van der Waals surface area contributed by atoms with Crippen LogP contribution in [0.2, 0.25) is 0 Å². The summed E-state index contributed by atoms with van der Waals surface area (Å²) in [6.45, 7) is 0. The molecular formula is C40H55N7O6. The van der Waals surface area contributed by atoms with E-state index in [4.69, 9.17) is 14.3 Å². The maximum Gasteiger partial charge on any atom is 0.304 e. The number of carbonyl (C=O) groups excluding carboxylic acids is 1. The minimum atomic E-state index is -0.822. The molecule has 0 bridgehead atoms. The van der Waals surface area contributed by atoms with Crippen LogP contribution in [0.4, 0.5) is 0 Å². The van der Waals surface area contributed by atoms with Crippen molar-refractivity contribution in [1.29, 1.82) is 0 Å². The van der Waals surface area contributed by atoms with Gasteiger partial charge in [0.15, 0.2) is 11.6 Å². The third-order valence-electron chi connectivity index (χ3n) is 10.6. The van der Waals surface area contributed by atoms with Gasteiger partial charge in [-0.1, -0.05) is 112 Å². The minimum Gasteiger partial charge on any atom is -0.481 e. The summed E-state index contributed by atoms with van der Waals surface area (Å²) < 4.78 is 10.8. The fraction of sp³-hybridized carbons (Fsp3) is 0.600. The maximum absolute atomic E-state index is 11.7. The average molecular weight is 730 g/mol. The Morgan fingerprint density at radius 3 is 1.58 bits per heavy atom. The predicted molar refractivity (Wildman–Crippen MR) is 196 cm³/mol. The van der Waals surface area contributed by atoms with Crippen molar-refractivity contribution in [2.45, 2.75) is 140 Å². The van der Waals surface area contributed by atoms with E-state index in [1.807, 2.05) is 36.4 Å². The average Bonchev–Trinajstić information content (AvgIpc) is 3.86. The summed E-state index contributed by atoms with van der Waals surface area (Å²) in [7, 11) is 0. The second-order valence-corrected chi connectivity index (χ2v) is 14.7. The molecule has 0 spiro atoms. The normalized spacial score (nSPS) is 16.3. The van der Waals surface area contributed by atoms with Crippen LogP contribution in [-0.2, 0) is 22.4 Å². The van der Waals surface area contributed by atoms with Crippen LogP contribution < -0.4 is 5.48 Å². The van der Waals surface area contributed by atoms with E-state index in [0.29, 0.717) is 36.3 Å². The van der Waals surface area contributed by atoms with Gasteiger partial charge in [-0.05, 0) is 48.9 Å². The Morgan fingerprint density at radius 2 is 1.17 bits per heavy atom. The van der Waals surface area contributed by atoms with Crippen LogP contribution in [0.5, 0.6) is 0 Å². The van der Waals surface area contributed by atoms with Crippen molar-refractivity contribution in [3.8, 4) is 0 Å². The van der Waals surface area contributed by atoms with E-state index in [0.717, 1.165) is 48.9 Å². The van der Waals surface area contributed by atoms with E-state index >= 15 is 0 Å². The van der Waals surface area contributed by atoms with Crippen molar-refractivity contribution >= 4 is 11.9 Å². The molecule has 0 aromatic carbocycles. The molecule has 286 valence electrons. The quantitative estimate of drug-likeness (QED) is 0.0659. The van der Waals surface area contributed by atoms with Gasteiger partial charge in [0.2, 0.25) is 17.7 Å². The topological polar surface area (TPSA) is 190 Å². The summed E-state index contributed by atoms with van der Waals surface area (Å²) in [6.07, 6.45) is 23.9. The lowest BCUT2D eigenvalue weighted by Crippen LogP contribution is -2.21. The Kier molecular flexibility index (Phi) is 16.4. The van der Waals surface area contributed by atoms with Crippen LogP contribution in [0.15, 0.2) is 57.8 Å². The lowest BCUT2D eigenvalue weighted by atomic mass is 9.84. The Balaban J connectivity index is 0.000000204. The van der Waals surface area contributed by atoms with Gasteiger partial charge in [0.1, 0.15) is 0 Å². The molecule has 0 unspecified atom stereocenters. The number of hydroxylamine groups is 1. The van der Waals surface area contributed by atoms with Crippen molar-refractivity contribution in [3.05, 3.63) is 83.6 Å². The number of pyridine rings is 2. The van der Waals surface area contributed by atoms with E-state index in [1.165, 1.54) is 77.0 Å². The van der Waals surface area contributed by atoms with E-state index in [1.54, 1.807) is 17.9 Å². The lowest BCUT2D eigenvalue weighted by Gasteiger charge is -2.22. The van der Waals surface area contributed by atoms with Crippen LogP contribution in [-0.4, -0.2) is 52.4 Å². The van der Waals surface area contributed by atoms with E-state index in [9.17, 15) is 14.7 Å². The van der Waals surface area contributed by atoms with E-state index < -0.39 is 11.9 Å². The number of nitrogens with one attached hydrogen (secondary N) is 1. The molecule has 0 radical (unpaired) electrons. The second-order valence-electron chi connectivity index (χ2n) is 14.7. The van der Waals surface area contributed by atoms with Gasteiger partial charge in [-0.3, -0.25) is 24.8 Å². The Morgan fingerprint density at radius 1 is 0.698 bits per heavy atom. The van der Waals surface area contributed by atoms with Gasteiger partial charge in [0.25, 0.3) is 0 Å². The monoisotopic (exact) mass is 729 g/mol. The molecule has 6 rings (SSSR count). The van der Waals surface area contributed by atoms with E-state index in [2.05, 4.69) is 30.2 Å². The molecule has 2 aliphatic rings. The van der Waals surface area contributed by atoms with Crippen LogP contribution in [0.3, 0.4) is 0 Å². The summed E-state index contributed by atoms with van der Waals surface area (Å²) in [6, 6.07) is 11.4. The number of carboxylic acids is 1. The van der Waals surface area contributed by atoms with Gasteiger partial charge >= 0.3 is 5.97 Å². The molecule has 0 aliphatic heterocycles. The van der Waals surface area contributed by atoms with Crippen molar-refractivity contribution in [2.24, 2.45) is 11.8 Å². The molecule has 2 fully saturated rings. The first-order valence-corrected chi connectivity index (χ1v) is 19.5. The highest BCUT2D eigenvalue weighted by molar-refractivity contribution is 5.75. The first-order valence-electron chi connectivity index (χ1n) is 19.5. The van der Waals surface area contributed by atoms with Gasteiger partial charge in [-0.2, -0.15) is 9.97 Å². The third kappa shape index (κ3) is 14.1. The van der Waals surface area contributed by atoms with Gasteiger partial charge < -0.3 is 14.2 Å². The summed E-state index contributed by atoms with van der Waals surface area (Å²) in [5.41, 5.74) is 3.45. The largest absolute Gasteiger partial charge is 0.481 e. The Bertz CT molecular complexity index is 1620. The summed E-state index contributed by atoms with van der Waals surface area (Å²) in [5, 5.41) is 26.2. The molecule has 4 aromatic heterocycles. The second kappa shape index (κ2) is 21.9. The zero-order valence-electron chi connectivity index (χ0n) is 30.8. The molecule has 1 amide bonds. The highest BCUT2D eigenvalue weighted by Gasteiger charge is 2.25. The van der Waals surface area contributed by atoms with Crippen LogP contribution >= 0.6 is 0 Å². The number of aliphatic carboxylic acids is 1. The predicted octanol–water partition coefficient (Wildman–Crippen LogP) is 8.15. The highest BCUT2D eigenvalue weighted by atomic mass is 16.5. The van der Waals surface area contributed by atoms with Crippen LogP contribution in [0.1, 0.15) is 162 Å². The van der Waals surface area contributed by atoms with Gasteiger partial charge in [-0.25, -0.2) is 5.48 Å². The fourth-order valence-corrected chi connectivity index (χ4v) is 7.70. The van der Waals surface area contributed by atoms with Gasteiger partial charge in [0.05, 0.1) is 19.3 Å². The molecule has 3 N–H and O–H groups in total. The number of hydrogen-bond donors (Lipinski definition) is 3. The third-order valence-corrected chi connectivity index (χ3v) is 10.6. The first kappa shape index (κ1) is 39.7. The van der Waals surface area contributed by atoms with Crippen molar-refractivity contribution in [3.63, 3.8) is 0 Å². The number of rotatable bonds is 18. The summed E-state index contributed by atoms with van der Waals surface area (Å²) in [5.74, 6) is 2.00. The van der Waals surface area contributed by atoms with Crippen LogP contribution in [0, 0.1) is 11.8 Å². The SMILES string of the molecule is O=C(C[C@@H](CCCC1CCCCC1)c1nc(Cc2ccccn2)no1)NO.O=C(O)C[C@@H](CCCC1CCCCC1)c1nc(Cc2ccccn2)no1. The molecule has 0 saturated heterocycles. The van der Waals surface area contributed by atoms with Crippen molar-refractivity contribution < 1.29 is 28.9 Å². The fourth-order valence-electron chi connectivity index (χ4n) is 7.70. The smallest absolute Gasteiger partial charge is 0.304 e. The summed E-state index contributed by atoms with van der Waals surface area (Å²) in [4.78, 5) is 40.4. The highest BCUT2D eigenvalue weighted by Crippen LogP contribution is 2.32. The molecule has 53 heavy (non-hydrogen) atoms. The molecular weight excluding hydrogens is 674 g/mol. The zero-order chi connectivity index (χ0) is 37.1. The number of amides is 1. The first-order chi connectivity index (χ1) is 25.9. The van der Waals surface area contributed by atoms with Crippen LogP contribution in [0.25, 0.3) is 0 Å². The molecule has 4 heterocycles. The van der Waals surface area contributed by atoms with Crippen molar-refractivity contribution in [1.82, 2.24) is 35.7 Å². The van der Waals surface area contributed by atoms with Gasteiger partial charge in [0, 0.05) is 42.0 Å². The number of carboxylic acid groups (broad SMARTS) is 1. The number of nitrogens with zero attached hydrogens (tertiary/aromatic N) is 6. The molecule has 4 aromatic rings. The minimum absolute atomic E-state index is 0.0376. The molecule has 2 atom stereocenters. The van der Waals surface area contributed by atoms with Gasteiger partial charge in [-0.15, -0.1) is 0 Å². The lowest BCUT2D eigenvalue weighted by molar-refractivity contribution is -0.137. The maximum atomic E-state index is 11.7. The summed E-state index contributed by atoms with van der Waals surface area (Å²) >= 11 is 0. The zero-order valence-corrected chi connectivity index (χ0v) is 30.8. The molecule has 13 heteroatoms. The number of hydrogen-bond acceptors (Lipinski definition) is 11.